The second-order valence-corrected chi connectivity index (χ2v) is 9.55. The van der Waals surface area contributed by atoms with Gasteiger partial charge >= 0.3 is 6.09 Å². The number of benzene rings is 2. The van der Waals surface area contributed by atoms with Crippen molar-refractivity contribution < 1.29 is 23.9 Å². The summed E-state index contributed by atoms with van der Waals surface area (Å²) in [5.41, 5.74) is 8.98. The summed E-state index contributed by atoms with van der Waals surface area (Å²) in [6.45, 7) is 5.15. The molecule has 2 aromatic carbocycles. The zero-order valence-corrected chi connectivity index (χ0v) is 22.3. The third kappa shape index (κ3) is 5.60. The maximum atomic E-state index is 13.2. The first-order valence-electron chi connectivity index (χ1n) is 13.1. The Balaban J connectivity index is 1.32. The van der Waals surface area contributed by atoms with Crippen LogP contribution in [0.3, 0.4) is 0 Å². The Hall–Kier alpha value is -4.87. The lowest BCUT2D eigenvalue weighted by Crippen LogP contribution is -2.28. The lowest BCUT2D eigenvalue weighted by molar-refractivity contribution is 0.0995. The number of primary amides is 1. The van der Waals surface area contributed by atoms with Crippen molar-refractivity contribution in [1.29, 1.82) is 0 Å². The van der Waals surface area contributed by atoms with Crippen LogP contribution in [-0.4, -0.2) is 50.4 Å². The number of aryl methyl sites for hydroxylation is 2. The van der Waals surface area contributed by atoms with Gasteiger partial charge in [-0.05, 0) is 50.5 Å². The summed E-state index contributed by atoms with van der Waals surface area (Å²) in [4.78, 5) is 41.9. The number of amides is 3. The Morgan fingerprint density at radius 1 is 1.18 bits per heavy atom. The first-order valence-corrected chi connectivity index (χ1v) is 13.1. The fourth-order valence-electron chi connectivity index (χ4n) is 4.80. The molecule has 4 N–H and O–H groups in total. The minimum Gasteiger partial charge on any atom is -0.489 e. The molecule has 4 aromatic rings. The number of aromatic nitrogens is 4. The molecule has 0 aliphatic carbocycles. The van der Waals surface area contributed by atoms with Gasteiger partial charge in [0.1, 0.15) is 30.2 Å². The van der Waals surface area contributed by atoms with E-state index in [1.807, 2.05) is 48.7 Å². The van der Waals surface area contributed by atoms with E-state index in [0.29, 0.717) is 54.4 Å². The van der Waals surface area contributed by atoms with Gasteiger partial charge in [-0.3, -0.25) is 19.6 Å². The monoisotopic (exact) mass is 545 g/mol. The Kier molecular flexibility index (Phi) is 7.67. The van der Waals surface area contributed by atoms with Crippen molar-refractivity contribution in [2.75, 3.05) is 18.5 Å². The molecule has 0 fully saturated rings. The topological polar surface area (TPSA) is 155 Å². The van der Waals surface area contributed by atoms with Crippen LogP contribution >= 0.6 is 0 Å². The largest absolute Gasteiger partial charge is 0.489 e. The highest BCUT2D eigenvalue weighted by Gasteiger charge is 2.29. The number of anilines is 1. The van der Waals surface area contributed by atoms with E-state index in [1.165, 1.54) is 0 Å². The number of nitrogens with zero attached hydrogens (tertiary/aromatic N) is 4. The molecule has 1 aliphatic rings. The van der Waals surface area contributed by atoms with Gasteiger partial charge < -0.3 is 25.1 Å². The van der Waals surface area contributed by atoms with Crippen molar-refractivity contribution in [3.63, 3.8) is 0 Å². The van der Waals surface area contributed by atoms with Gasteiger partial charge in [-0.1, -0.05) is 30.3 Å². The third-order valence-electron chi connectivity index (χ3n) is 6.69. The number of nitrogens with one attached hydrogen (secondary N) is 2. The van der Waals surface area contributed by atoms with Crippen LogP contribution in [0.15, 0.2) is 48.5 Å². The number of alkyl carbamates (subject to hydrolysis) is 1. The fourth-order valence-corrected chi connectivity index (χ4v) is 4.80. The summed E-state index contributed by atoms with van der Waals surface area (Å²) < 4.78 is 14.8. The van der Waals surface area contributed by atoms with Crippen LogP contribution in [0.5, 0.6) is 5.75 Å². The quantitative estimate of drug-likeness (QED) is 0.257. The average molecular weight is 546 g/mol. The lowest BCUT2D eigenvalue weighted by Gasteiger charge is -2.27. The van der Waals surface area contributed by atoms with Gasteiger partial charge in [0, 0.05) is 18.7 Å². The number of hydrogen-bond donors (Lipinski definition) is 3. The summed E-state index contributed by atoms with van der Waals surface area (Å²) in [7, 11) is 0. The molecule has 0 saturated heterocycles. The van der Waals surface area contributed by atoms with Crippen LogP contribution < -0.4 is 21.1 Å². The second-order valence-electron chi connectivity index (χ2n) is 9.55. The van der Waals surface area contributed by atoms with E-state index in [9.17, 15) is 14.4 Å². The number of hydrogen-bond acceptors (Lipinski definition) is 7. The van der Waals surface area contributed by atoms with Gasteiger partial charge in [-0.2, -0.15) is 5.10 Å². The summed E-state index contributed by atoms with van der Waals surface area (Å²) >= 11 is 0. The molecule has 12 nitrogen and oxygen atoms in total. The molecule has 5 rings (SSSR count). The standard InChI is InChI=1S/C28H31N7O5/c1-3-34-22(12-17(2)33-34)26(37)32-27-31-21-13-19(25(29)36)14-23-24(21)35(27)20(16-39-23)10-7-11-30-28(38)40-15-18-8-5-4-6-9-18/h4-6,8-9,12-14,20H,3,7,10-11,15-16H2,1-2H3,(H2,29,36)(H,30,38)(H,31,32,37)/t20-/m0/s1. The van der Waals surface area contributed by atoms with Crippen molar-refractivity contribution in [3.8, 4) is 5.75 Å². The lowest BCUT2D eigenvalue weighted by atomic mass is 10.1. The third-order valence-corrected chi connectivity index (χ3v) is 6.69. The minimum absolute atomic E-state index is 0.188. The van der Waals surface area contributed by atoms with Crippen molar-refractivity contribution in [1.82, 2.24) is 24.6 Å². The highest BCUT2D eigenvalue weighted by molar-refractivity contribution is 6.04. The molecule has 1 atom stereocenters. The van der Waals surface area contributed by atoms with Crippen LogP contribution in [0.1, 0.15) is 57.9 Å². The molecule has 12 heteroatoms. The van der Waals surface area contributed by atoms with Crippen molar-refractivity contribution in [2.45, 2.75) is 45.9 Å². The van der Waals surface area contributed by atoms with Crippen molar-refractivity contribution >= 4 is 34.9 Å². The maximum Gasteiger partial charge on any atom is 0.407 e. The molecular formula is C28H31N7O5. The van der Waals surface area contributed by atoms with Crippen LogP contribution in [0.2, 0.25) is 0 Å². The molecule has 0 radical (unpaired) electrons. The number of carbonyl (C=O) groups is 3. The Labute approximate surface area is 230 Å². The first kappa shape index (κ1) is 26.7. The van der Waals surface area contributed by atoms with Crippen molar-refractivity contribution in [3.05, 3.63) is 71.0 Å². The zero-order valence-electron chi connectivity index (χ0n) is 22.3. The van der Waals surface area contributed by atoms with Crippen LogP contribution in [0.4, 0.5) is 10.7 Å². The van der Waals surface area contributed by atoms with Gasteiger partial charge in [-0.15, -0.1) is 0 Å². The van der Waals surface area contributed by atoms with Crippen LogP contribution in [0, 0.1) is 6.92 Å². The molecule has 0 spiro atoms. The molecule has 0 bridgehead atoms. The SMILES string of the molecule is CCn1nc(C)cc1C(=O)Nc1nc2cc(C(N)=O)cc3c2n1[C@@H](CCCNC(=O)OCc1ccccc1)CO3. The predicted octanol–water partition coefficient (Wildman–Crippen LogP) is 3.55. The number of nitrogens with two attached hydrogens (primary N) is 1. The molecule has 0 unspecified atom stereocenters. The minimum atomic E-state index is -0.600. The molecular weight excluding hydrogens is 514 g/mol. The van der Waals surface area contributed by atoms with Gasteiger partial charge in [-0.25, -0.2) is 9.78 Å². The number of carbonyl (C=O) groups excluding carboxylic acids is 3. The van der Waals surface area contributed by atoms with Gasteiger partial charge in [0.15, 0.2) is 0 Å². The Morgan fingerprint density at radius 3 is 2.73 bits per heavy atom. The molecule has 3 heterocycles. The number of imidazole rings is 1. The van der Waals surface area contributed by atoms with E-state index in [4.69, 9.17) is 15.2 Å². The van der Waals surface area contributed by atoms with E-state index in [1.54, 1.807) is 22.9 Å². The average Bonchev–Trinajstić information content (AvgIpc) is 3.52. The molecule has 0 saturated carbocycles. The second kappa shape index (κ2) is 11.5. The van der Waals surface area contributed by atoms with Crippen LogP contribution in [0.25, 0.3) is 11.0 Å². The van der Waals surface area contributed by atoms with Crippen LogP contribution in [-0.2, 0) is 17.9 Å². The molecule has 208 valence electrons. The smallest absolute Gasteiger partial charge is 0.407 e. The predicted molar refractivity (Wildman–Crippen MR) is 147 cm³/mol. The van der Waals surface area contributed by atoms with E-state index >= 15 is 0 Å². The van der Waals surface area contributed by atoms with E-state index in [0.717, 1.165) is 11.3 Å². The summed E-state index contributed by atoms with van der Waals surface area (Å²) in [6.07, 6.45) is 0.753. The molecule has 40 heavy (non-hydrogen) atoms. The fraction of sp³-hybridized carbons (Fsp3) is 0.321. The van der Waals surface area contributed by atoms with Gasteiger partial charge in [0.05, 0.1) is 17.3 Å². The highest BCUT2D eigenvalue weighted by Crippen LogP contribution is 2.38. The molecule has 2 aromatic heterocycles. The number of rotatable bonds is 10. The maximum absolute atomic E-state index is 13.2. The summed E-state index contributed by atoms with van der Waals surface area (Å²) in [6, 6.07) is 14.2. The highest BCUT2D eigenvalue weighted by atomic mass is 16.5. The number of ether oxygens (including phenoxy) is 2. The Morgan fingerprint density at radius 2 is 1.98 bits per heavy atom. The van der Waals surface area contributed by atoms with E-state index in [2.05, 4.69) is 20.7 Å². The van der Waals surface area contributed by atoms with Gasteiger partial charge in [0.2, 0.25) is 11.9 Å². The van der Waals surface area contributed by atoms with E-state index in [-0.39, 0.29) is 30.7 Å². The summed E-state index contributed by atoms with van der Waals surface area (Å²) in [5.74, 6) is -0.157. The van der Waals surface area contributed by atoms with Crippen molar-refractivity contribution in [2.24, 2.45) is 5.73 Å². The normalized spacial score (nSPS) is 14.0. The molecule has 1 aliphatic heterocycles. The Bertz CT molecular complexity index is 1560. The van der Waals surface area contributed by atoms with Gasteiger partial charge in [0.25, 0.3) is 5.91 Å². The molecule has 3 amide bonds. The summed E-state index contributed by atoms with van der Waals surface area (Å²) in [5, 5.41) is 10.1. The first-order chi connectivity index (χ1) is 19.3. The van der Waals surface area contributed by atoms with E-state index < -0.39 is 12.0 Å². The zero-order chi connectivity index (χ0) is 28.2.